The number of para-hydroxylation sites is 1. The summed E-state index contributed by atoms with van der Waals surface area (Å²) in [4.78, 5) is 12.1. The van der Waals surface area contributed by atoms with E-state index in [1.807, 2.05) is 42.5 Å². The fraction of sp³-hybridized carbons (Fsp3) is 0.200. The van der Waals surface area contributed by atoms with Gasteiger partial charge in [0.2, 0.25) is 0 Å². The van der Waals surface area contributed by atoms with Crippen LogP contribution in [0.25, 0.3) is 11.3 Å². The Balaban J connectivity index is 1.56. The highest BCUT2D eigenvalue weighted by atomic mass is 16.6. The zero-order chi connectivity index (χ0) is 18.4. The van der Waals surface area contributed by atoms with Gasteiger partial charge in [0.15, 0.2) is 11.9 Å². The van der Waals surface area contributed by atoms with E-state index < -0.39 is 12.1 Å². The molecule has 26 heavy (non-hydrogen) atoms. The van der Waals surface area contributed by atoms with Crippen molar-refractivity contribution >= 4 is 5.97 Å². The summed E-state index contributed by atoms with van der Waals surface area (Å²) in [5, 5.41) is 3.93. The molecule has 1 aromatic heterocycles. The Morgan fingerprint density at radius 1 is 1.08 bits per heavy atom. The van der Waals surface area contributed by atoms with Gasteiger partial charge in [-0.15, -0.1) is 0 Å². The Kier molecular flexibility index (Phi) is 5.53. The third-order valence-corrected chi connectivity index (χ3v) is 3.66. The van der Waals surface area contributed by atoms with Crippen LogP contribution in [0.4, 0.5) is 0 Å². The SMILES string of the molecule is COc1cccc(-c2cc(COC(=O)C(C)Oc3ccccc3)no2)c1. The normalized spacial score (nSPS) is 11.6. The zero-order valence-corrected chi connectivity index (χ0v) is 14.5. The van der Waals surface area contributed by atoms with Crippen LogP contribution in [-0.4, -0.2) is 24.3 Å². The second-order valence-corrected chi connectivity index (χ2v) is 5.60. The molecular formula is C20H19NO5. The lowest BCUT2D eigenvalue weighted by Gasteiger charge is -2.13. The van der Waals surface area contributed by atoms with Crippen molar-refractivity contribution in [2.75, 3.05) is 7.11 Å². The molecule has 6 nitrogen and oxygen atoms in total. The van der Waals surface area contributed by atoms with Gasteiger partial charge < -0.3 is 18.7 Å². The van der Waals surface area contributed by atoms with Crippen molar-refractivity contribution in [1.29, 1.82) is 0 Å². The fourth-order valence-corrected chi connectivity index (χ4v) is 2.31. The van der Waals surface area contributed by atoms with E-state index in [0.29, 0.717) is 17.2 Å². The number of nitrogens with zero attached hydrogens (tertiary/aromatic N) is 1. The minimum absolute atomic E-state index is 0.00872. The predicted molar refractivity (Wildman–Crippen MR) is 94.8 cm³/mol. The van der Waals surface area contributed by atoms with Crippen molar-refractivity contribution in [3.63, 3.8) is 0 Å². The molecule has 134 valence electrons. The Morgan fingerprint density at radius 2 is 1.85 bits per heavy atom. The Labute approximate surface area is 151 Å². The number of benzene rings is 2. The van der Waals surface area contributed by atoms with Gasteiger partial charge in [0.05, 0.1) is 7.11 Å². The summed E-state index contributed by atoms with van der Waals surface area (Å²) in [5.74, 6) is 1.43. The van der Waals surface area contributed by atoms with Crippen LogP contribution in [0.3, 0.4) is 0 Å². The molecule has 1 unspecified atom stereocenters. The first kappa shape index (κ1) is 17.5. The number of methoxy groups -OCH3 is 1. The van der Waals surface area contributed by atoms with Gasteiger partial charge in [0, 0.05) is 11.6 Å². The number of carbonyl (C=O) groups excluding carboxylic acids is 1. The Hall–Kier alpha value is -3.28. The van der Waals surface area contributed by atoms with Gasteiger partial charge in [-0.25, -0.2) is 4.79 Å². The van der Waals surface area contributed by atoms with E-state index >= 15 is 0 Å². The summed E-state index contributed by atoms with van der Waals surface area (Å²) in [6, 6.07) is 18.3. The van der Waals surface area contributed by atoms with Crippen LogP contribution in [0.15, 0.2) is 65.2 Å². The molecule has 6 heteroatoms. The molecule has 0 radical (unpaired) electrons. The summed E-state index contributed by atoms with van der Waals surface area (Å²) in [6.07, 6.45) is -0.720. The molecule has 1 atom stereocenters. The monoisotopic (exact) mass is 353 g/mol. The fourth-order valence-electron chi connectivity index (χ4n) is 2.31. The molecule has 2 aromatic carbocycles. The van der Waals surface area contributed by atoms with Crippen molar-refractivity contribution in [2.45, 2.75) is 19.6 Å². The predicted octanol–water partition coefficient (Wildman–Crippen LogP) is 3.86. The van der Waals surface area contributed by atoms with Crippen LogP contribution in [0.1, 0.15) is 12.6 Å². The molecule has 0 fully saturated rings. The second-order valence-electron chi connectivity index (χ2n) is 5.60. The minimum Gasteiger partial charge on any atom is -0.497 e. The van der Waals surface area contributed by atoms with E-state index in [1.165, 1.54) is 0 Å². The molecule has 0 N–H and O–H groups in total. The van der Waals surface area contributed by atoms with Gasteiger partial charge in [-0.05, 0) is 31.2 Å². The summed E-state index contributed by atoms with van der Waals surface area (Å²) in [7, 11) is 1.60. The number of hydrogen-bond acceptors (Lipinski definition) is 6. The number of rotatable bonds is 7. The highest BCUT2D eigenvalue weighted by Gasteiger charge is 2.17. The molecule has 0 amide bonds. The lowest BCUT2D eigenvalue weighted by atomic mass is 10.1. The summed E-state index contributed by atoms with van der Waals surface area (Å²) in [6.45, 7) is 1.65. The van der Waals surface area contributed by atoms with Gasteiger partial charge in [-0.2, -0.15) is 0 Å². The largest absolute Gasteiger partial charge is 0.497 e. The van der Waals surface area contributed by atoms with Gasteiger partial charge in [0.1, 0.15) is 23.8 Å². The third-order valence-electron chi connectivity index (χ3n) is 3.66. The molecule has 0 aliphatic rings. The number of carbonyl (C=O) groups is 1. The molecule has 0 aliphatic carbocycles. The highest BCUT2D eigenvalue weighted by Crippen LogP contribution is 2.24. The van der Waals surface area contributed by atoms with Crippen LogP contribution in [-0.2, 0) is 16.1 Å². The Bertz CT molecular complexity index is 859. The standard InChI is InChI=1S/C20H19NO5/c1-14(25-17-8-4-3-5-9-17)20(22)24-13-16-12-19(26-21-16)15-7-6-10-18(11-15)23-2/h3-12,14H,13H2,1-2H3. The van der Waals surface area contributed by atoms with E-state index in [1.54, 1.807) is 32.2 Å². The lowest BCUT2D eigenvalue weighted by Crippen LogP contribution is -2.26. The molecular weight excluding hydrogens is 334 g/mol. The van der Waals surface area contributed by atoms with E-state index in [0.717, 1.165) is 11.3 Å². The topological polar surface area (TPSA) is 70.8 Å². The van der Waals surface area contributed by atoms with Crippen molar-refractivity contribution in [1.82, 2.24) is 5.16 Å². The average molecular weight is 353 g/mol. The molecule has 3 aromatic rings. The molecule has 0 saturated carbocycles. The van der Waals surface area contributed by atoms with Crippen LogP contribution in [0.2, 0.25) is 0 Å². The van der Waals surface area contributed by atoms with Crippen molar-refractivity contribution in [3.8, 4) is 22.8 Å². The second kappa shape index (κ2) is 8.20. The van der Waals surface area contributed by atoms with Crippen LogP contribution >= 0.6 is 0 Å². The first-order chi connectivity index (χ1) is 12.7. The van der Waals surface area contributed by atoms with Crippen molar-refractivity contribution in [3.05, 3.63) is 66.4 Å². The maximum atomic E-state index is 12.1. The summed E-state index contributed by atoms with van der Waals surface area (Å²) >= 11 is 0. The zero-order valence-electron chi connectivity index (χ0n) is 14.5. The smallest absolute Gasteiger partial charge is 0.347 e. The van der Waals surface area contributed by atoms with Crippen LogP contribution in [0, 0.1) is 0 Å². The van der Waals surface area contributed by atoms with Crippen molar-refractivity contribution < 1.29 is 23.5 Å². The number of hydrogen-bond donors (Lipinski definition) is 0. The summed E-state index contributed by atoms with van der Waals surface area (Å²) in [5.41, 5.74) is 1.35. The Morgan fingerprint density at radius 3 is 2.62 bits per heavy atom. The van der Waals surface area contributed by atoms with Gasteiger partial charge >= 0.3 is 5.97 Å². The number of esters is 1. The first-order valence-corrected chi connectivity index (χ1v) is 8.14. The molecule has 0 aliphatic heterocycles. The quantitative estimate of drug-likeness (QED) is 0.601. The molecule has 3 rings (SSSR count). The van der Waals surface area contributed by atoms with E-state index in [2.05, 4.69) is 5.16 Å². The van der Waals surface area contributed by atoms with Crippen LogP contribution < -0.4 is 9.47 Å². The van der Waals surface area contributed by atoms with Gasteiger partial charge in [0.25, 0.3) is 0 Å². The average Bonchev–Trinajstić information content (AvgIpc) is 3.16. The van der Waals surface area contributed by atoms with Crippen molar-refractivity contribution in [2.24, 2.45) is 0 Å². The van der Waals surface area contributed by atoms with Gasteiger partial charge in [-0.1, -0.05) is 35.5 Å². The maximum absolute atomic E-state index is 12.1. The van der Waals surface area contributed by atoms with E-state index in [-0.39, 0.29) is 6.61 Å². The molecule has 1 heterocycles. The number of ether oxygens (including phenoxy) is 3. The summed E-state index contributed by atoms with van der Waals surface area (Å²) < 4.78 is 21.3. The van der Waals surface area contributed by atoms with E-state index in [4.69, 9.17) is 18.7 Å². The molecule has 0 saturated heterocycles. The minimum atomic E-state index is -0.720. The highest BCUT2D eigenvalue weighted by molar-refractivity contribution is 5.74. The first-order valence-electron chi connectivity index (χ1n) is 8.14. The van der Waals surface area contributed by atoms with E-state index in [9.17, 15) is 4.79 Å². The number of aromatic nitrogens is 1. The third kappa shape index (κ3) is 4.42. The maximum Gasteiger partial charge on any atom is 0.347 e. The molecule has 0 spiro atoms. The lowest BCUT2D eigenvalue weighted by molar-refractivity contribution is -0.152. The van der Waals surface area contributed by atoms with Gasteiger partial charge in [-0.3, -0.25) is 0 Å². The molecule has 0 bridgehead atoms. The van der Waals surface area contributed by atoms with Crippen LogP contribution in [0.5, 0.6) is 11.5 Å².